The maximum atomic E-state index is 11.0. The zero-order valence-electron chi connectivity index (χ0n) is 10.1. The van der Waals surface area contributed by atoms with Gasteiger partial charge in [-0.3, -0.25) is 4.79 Å². The lowest BCUT2D eigenvalue weighted by atomic mass is 9.96. The molecule has 0 aromatic rings. The van der Waals surface area contributed by atoms with Crippen molar-refractivity contribution in [3.8, 4) is 0 Å². The summed E-state index contributed by atoms with van der Waals surface area (Å²) < 4.78 is 0. The first-order chi connectivity index (χ1) is 7.15. The topological polar surface area (TPSA) is 29.1 Å². The Morgan fingerprint density at radius 2 is 2.20 bits per heavy atom. The molecule has 1 rings (SSSR count). The Morgan fingerprint density at radius 1 is 1.47 bits per heavy atom. The molecule has 3 unspecified atom stereocenters. The van der Waals surface area contributed by atoms with Gasteiger partial charge in [0.1, 0.15) is 0 Å². The van der Waals surface area contributed by atoms with Crippen molar-refractivity contribution in [3.63, 3.8) is 0 Å². The largest absolute Gasteiger partial charge is 0.352 e. The summed E-state index contributed by atoms with van der Waals surface area (Å²) in [6.07, 6.45) is 5.29. The molecule has 0 spiro atoms. The number of hydrogen-bond acceptors (Lipinski definition) is 2. The number of thioether (sulfide) groups is 1. The third-order valence-electron chi connectivity index (χ3n) is 3.19. The summed E-state index contributed by atoms with van der Waals surface area (Å²) in [4.78, 5) is 11.0. The molecule has 88 valence electrons. The summed E-state index contributed by atoms with van der Waals surface area (Å²) in [6.45, 7) is 6.13. The lowest BCUT2D eigenvalue weighted by molar-refractivity contribution is -0.119. The van der Waals surface area contributed by atoms with Crippen LogP contribution in [0.25, 0.3) is 0 Å². The van der Waals surface area contributed by atoms with Gasteiger partial charge in [-0.15, -0.1) is 0 Å². The quantitative estimate of drug-likeness (QED) is 0.735. The molecule has 15 heavy (non-hydrogen) atoms. The monoisotopic (exact) mass is 229 g/mol. The highest BCUT2D eigenvalue weighted by Crippen LogP contribution is 2.35. The highest BCUT2D eigenvalue weighted by Gasteiger charge is 2.33. The highest BCUT2D eigenvalue weighted by molar-refractivity contribution is 8.00. The van der Waals surface area contributed by atoms with Crippen molar-refractivity contribution >= 4 is 17.7 Å². The number of unbranched alkanes of at least 4 members (excludes halogenated alkanes) is 2. The second kappa shape index (κ2) is 6.41. The number of hydrogen-bond donors (Lipinski definition) is 1. The molecule has 2 nitrogen and oxygen atoms in total. The van der Waals surface area contributed by atoms with Crippen LogP contribution in [0.2, 0.25) is 0 Å². The molecule has 3 heteroatoms. The van der Waals surface area contributed by atoms with Crippen LogP contribution in [-0.2, 0) is 4.79 Å². The maximum absolute atomic E-state index is 11.0. The summed E-state index contributed by atoms with van der Waals surface area (Å²) in [5.74, 6) is 1.84. The Bertz CT molecular complexity index is 208. The van der Waals surface area contributed by atoms with E-state index >= 15 is 0 Å². The third kappa shape index (κ3) is 4.06. The normalized spacial score (nSPS) is 30.5. The summed E-state index contributed by atoms with van der Waals surface area (Å²) >= 11 is 2.04. The molecule has 1 heterocycles. The van der Waals surface area contributed by atoms with Gasteiger partial charge in [0.15, 0.2) is 0 Å². The van der Waals surface area contributed by atoms with E-state index in [1.165, 1.54) is 25.7 Å². The number of nitrogens with one attached hydrogen (secondary N) is 1. The van der Waals surface area contributed by atoms with E-state index in [9.17, 15) is 4.79 Å². The van der Waals surface area contributed by atoms with Gasteiger partial charge in [-0.25, -0.2) is 0 Å². The smallest absolute Gasteiger partial charge is 0.217 e. The van der Waals surface area contributed by atoms with Gasteiger partial charge in [0, 0.05) is 24.0 Å². The van der Waals surface area contributed by atoms with Crippen LogP contribution >= 0.6 is 11.8 Å². The molecule has 1 aliphatic heterocycles. The number of rotatable bonds is 5. The van der Waals surface area contributed by atoms with Gasteiger partial charge < -0.3 is 5.32 Å². The molecule has 0 saturated carbocycles. The third-order valence-corrected chi connectivity index (χ3v) is 4.84. The van der Waals surface area contributed by atoms with Crippen LogP contribution < -0.4 is 5.32 Å². The molecule has 1 N–H and O–H groups in total. The average Bonchev–Trinajstić information content (AvgIpc) is 2.49. The molecule has 0 aromatic heterocycles. The van der Waals surface area contributed by atoms with Crippen LogP contribution in [0, 0.1) is 5.92 Å². The Labute approximate surface area is 97.6 Å². The zero-order valence-corrected chi connectivity index (χ0v) is 10.9. The van der Waals surface area contributed by atoms with Gasteiger partial charge in [-0.2, -0.15) is 11.8 Å². The second-order valence-corrected chi connectivity index (χ2v) is 5.81. The van der Waals surface area contributed by atoms with Crippen LogP contribution in [0.4, 0.5) is 0 Å². The van der Waals surface area contributed by atoms with Crippen molar-refractivity contribution in [2.45, 2.75) is 57.7 Å². The second-order valence-electron chi connectivity index (χ2n) is 4.53. The molecule has 0 aliphatic carbocycles. The maximum Gasteiger partial charge on any atom is 0.217 e. The first-order valence-corrected chi connectivity index (χ1v) is 7.08. The molecule has 1 saturated heterocycles. The predicted octanol–water partition coefficient (Wildman–Crippen LogP) is 2.82. The van der Waals surface area contributed by atoms with E-state index in [1.807, 2.05) is 11.8 Å². The number of amides is 1. The molecule has 1 amide bonds. The molecule has 1 aliphatic rings. The lowest BCUT2D eigenvalue weighted by Crippen LogP contribution is -2.38. The summed E-state index contributed by atoms with van der Waals surface area (Å²) in [7, 11) is 0. The average molecular weight is 229 g/mol. The van der Waals surface area contributed by atoms with Crippen molar-refractivity contribution < 1.29 is 4.79 Å². The fraction of sp³-hybridized carbons (Fsp3) is 0.917. The molecule has 0 radical (unpaired) electrons. The van der Waals surface area contributed by atoms with E-state index in [4.69, 9.17) is 0 Å². The van der Waals surface area contributed by atoms with E-state index < -0.39 is 0 Å². The minimum atomic E-state index is 0.113. The Hall–Kier alpha value is -0.180. The van der Waals surface area contributed by atoms with Crippen molar-refractivity contribution in [1.82, 2.24) is 5.32 Å². The Kier molecular flexibility index (Phi) is 5.51. The summed E-state index contributed by atoms with van der Waals surface area (Å²) in [5, 5.41) is 3.81. The van der Waals surface area contributed by atoms with Gasteiger partial charge in [-0.1, -0.05) is 33.1 Å². The van der Waals surface area contributed by atoms with Gasteiger partial charge in [0.2, 0.25) is 5.91 Å². The van der Waals surface area contributed by atoms with Crippen LogP contribution in [-0.4, -0.2) is 23.0 Å². The van der Waals surface area contributed by atoms with Gasteiger partial charge in [0.05, 0.1) is 0 Å². The fourth-order valence-electron chi connectivity index (χ4n) is 2.17. The summed E-state index contributed by atoms with van der Waals surface area (Å²) in [5.41, 5.74) is 0. The molecular formula is C12H23NOS. The van der Waals surface area contributed by atoms with E-state index in [0.717, 1.165) is 11.0 Å². The van der Waals surface area contributed by atoms with E-state index in [1.54, 1.807) is 6.92 Å². The molecular weight excluding hydrogens is 206 g/mol. The molecule has 1 fully saturated rings. The van der Waals surface area contributed by atoms with Crippen molar-refractivity contribution in [3.05, 3.63) is 0 Å². The molecule has 0 bridgehead atoms. The van der Waals surface area contributed by atoms with Gasteiger partial charge in [-0.05, 0) is 12.3 Å². The van der Waals surface area contributed by atoms with Crippen molar-refractivity contribution in [1.29, 1.82) is 0 Å². The Balaban J connectivity index is 2.28. The van der Waals surface area contributed by atoms with Crippen LogP contribution in [0.1, 0.15) is 46.5 Å². The molecule has 3 atom stereocenters. The zero-order chi connectivity index (χ0) is 11.3. The van der Waals surface area contributed by atoms with E-state index in [-0.39, 0.29) is 5.91 Å². The standard InChI is InChI=1S/C12H23NOS/c1-4-5-6-7-12-9(2)11(8-15-12)13-10(3)14/h9,11-12H,4-8H2,1-3H3,(H,13,14). The molecule has 0 aromatic carbocycles. The lowest BCUT2D eigenvalue weighted by Gasteiger charge is -2.19. The number of carbonyl (C=O) groups excluding carboxylic acids is 1. The minimum Gasteiger partial charge on any atom is -0.352 e. The van der Waals surface area contributed by atoms with Crippen LogP contribution in [0.5, 0.6) is 0 Å². The van der Waals surface area contributed by atoms with Crippen molar-refractivity contribution in [2.75, 3.05) is 5.75 Å². The van der Waals surface area contributed by atoms with Gasteiger partial charge in [0.25, 0.3) is 0 Å². The first-order valence-electron chi connectivity index (χ1n) is 6.03. The number of carbonyl (C=O) groups is 1. The Morgan fingerprint density at radius 3 is 2.80 bits per heavy atom. The minimum absolute atomic E-state index is 0.113. The van der Waals surface area contributed by atoms with E-state index in [0.29, 0.717) is 12.0 Å². The van der Waals surface area contributed by atoms with Crippen LogP contribution in [0.15, 0.2) is 0 Å². The van der Waals surface area contributed by atoms with E-state index in [2.05, 4.69) is 19.2 Å². The highest BCUT2D eigenvalue weighted by atomic mass is 32.2. The van der Waals surface area contributed by atoms with Crippen molar-refractivity contribution in [2.24, 2.45) is 5.92 Å². The summed E-state index contributed by atoms with van der Waals surface area (Å²) in [6, 6.07) is 0.402. The SMILES string of the molecule is CCCCCC1SCC(NC(C)=O)C1C. The predicted molar refractivity (Wildman–Crippen MR) is 67.2 cm³/mol. The van der Waals surface area contributed by atoms with Crippen LogP contribution in [0.3, 0.4) is 0 Å². The fourth-order valence-corrected chi connectivity index (χ4v) is 3.83. The first kappa shape index (κ1) is 12.9. The van der Waals surface area contributed by atoms with Gasteiger partial charge >= 0.3 is 0 Å².